The zero-order valence-electron chi connectivity index (χ0n) is 24.6. The number of anilines is 1. The zero-order chi connectivity index (χ0) is 28.6. The van der Waals surface area contributed by atoms with E-state index in [2.05, 4.69) is 79.7 Å². The first-order valence-corrected chi connectivity index (χ1v) is 15.9. The number of hydrogen-bond acceptors (Lipinski definition) is 12. The van der Waals surface area contributed by atoms with Crippen LogP contribution in [0.15, 0.2) is 11.5 Å². The summed E-state index contributed by atoms with van der Waals surface area (Å²) in [6, 6.07) is 1.22. The van der Waals surface area contributed by atoms with Gasteiger partial charge in [-0.1, -0.05) is 11.8 Å². The van der Waals surface area contributed by atoms with E-state index >= 15 is 0 Å². The number of imidazole rings is 1. The van der Waals surface area contributed by atoms with Gasteiger partial charge in [-0.3, -0.25) is 4.57 Å². The topological polar surface area (TPSA) is 122 Å². The van der Waals surface area contributed by atoms with Crippen LogP contribution in [0.3, 0.4) is 0 Å². The highest BCUT2D eigenvalue weighted by Gasteiger charge is 2.54. The summed E-state index contributed by atoms with van der Waals surface area (Å²) in [6.07, 6.45) is 1.78. The van der Waals surface area contributed by atoms with Crippen LogP contribution in [0.2, 0.25) is 0 Å². The Morgan fingerprint density at radius 1 is 0.974 bits per heavy atom. The summed E-state index contributed by atoms with van der Waals surface area (Å²) in [5.41, 5.74) is 7.28. The van der Waals surface area contributed by atoms with Crippen molar-refractivity contribution >= 4 is 37.2 Å². The quantitative estimate of drug-likeness (QED) is 0.218. The average Bonchev–Trinajstić information content (AvgIpc) is 3.55. The SMILES string of the molecule is COC1O[C@@H]2[C@H](O1)[C@@H](COP(N(C(C)C)C(C)C)N(C(C)C)C(C)C)O[C@H]2n1cnc2c(N)nc(SC)nc21. The predicted octanol–water partition coefficient (Wildman–Crippen LogP) is 4.22. The normalized spacial score (nSPS) is 25.7. The van der Waals surface area contributed by atoms with Crippen molar-refractivity contribution in [3.63, 3.8) is 0 Å². The minimum atomic E-state index is -1.09. The maximum atomic E-state index is 6.82. The Balaban J connectivity index is 1.64. The number of thioether (sulfide) groups is 1. The molecule has 220 valence electrons. The molecule has 2 aliphatic rings. The largest absolute Gasteiger partial charge is 0.382 e. The van der Waals surface area contributed by atoms with Crippen LogP contribution in [0.25, 0.3) is 11.2 Å². The Bertz CT molecular complexity index is 1070. The monoisotopic (exact) mass is 585 g/mol. The van der Waals surface area contributed by atoms with Gasteiger partial charge in [0, 0.05) is 31.3 Å². The Hall–Kier alpha value is -1.15. The first kappa shape index (κ1) is 30.8. The lowest BCUT2D eigenvalue weighted by Gasteiger charge is -2.46. The molecule has 4 heterocycles. The van der Waals surface area contributed by atoms with Crippen molar-refractivity contribution in [1.82, 2.24) is 28.9 Å². The summed E-state index contributed by atoms with van der Waals surface area (Å²) in [7, 11) is 0.467. The van der Waals surface area contributed by atoms with Gasteiger partial charge in [0.2, 0.25) is 0 Å². The fourth-order valence-electron chi connectivity index (χ4n) is 5.35. The molecule has 2 saturated heterocycles. The van der Waals surface area contributed by atoms with Crippen LogP contribution in [-0.4, -0.2) is 97.8 Å². The molecule has 5 atom stereocenters. The van der Waals surface area contributed by atoms with Crippen LogP contribution in [0.1, 0.15) is 61.6 Å². The van der Waals surface area contributed by atoms with E-state index in [9.17, 15) is 0 Å². The average molecular weight is 586 g/mol. The molecule has 39 heavy (non-hydrogen) atoms. The first-order valence-electron chi connectivity index (χ1n) is 13.5. The molecule has 2 fully saturated rings. The highest BCUT2D eigenvalue weighted by molar-refractivity contribution is 7.98. The Labute approximate surface area is 237 Å². The summed E-state index contributed by atoms with van der Waals surface area (Å²) in [5.74, 6) is 0.325. The van der Waals surface area contributed by atoms with Crippen molar-refractivity contribution < 1.29 is 23.5 Å². The number of nitrogens with two attached hydrogens (primary N) is 1. The fourth-order valence-corrected chi connectivity index (χ4v) is 8.08. The molecule has 0 bridgehead atoms. The van der Waals surface area contributed by atoms with Crippen LogP contribution < -0.4 is 5.73 Å². The van der Waals surface area contributed by atoms with Gasteiger partial charge in [0.15, 0.2) is 31.3 Å². The summed E-state index contributed by atoms with van der Waals surface area (Å²) >= 11 is 1.41. The van der Waals surface area contributed by atoms with E-state index in [1.54, 1.807) is 13.4 Å². The molecule has 4 rings (SSSR count). The van der Waals surface area contributed by atoms with Crippen LogP contribution in [-0.2, 0) is 23.5 Å². The van der Waals surface area contributed by atoms with E-state index in [0.29, 0.717) is 52.9 Å². The Morgan fingerprint density at radius 2 is 1.56 bits per heavy atom. The molecule has 0 saturated carbocycles. The maximum Gasteiger partial charge on any atom is 0.272 e. The molecule has 2 aromatic heterocycles. The zero-order valence-corrected chi connectivity index (χ0v) is 26.3. The van der Waals surface area contributed by atoms with Crippen LogP contribution in [0.5, 0.6) is 0 Å². The molecule has 14 heteroatoms. The number of nitrogen functional groups attached to an aromatic ring is 1. The number of rotatable bonds is 12. The summed E-state index contributed by atoms with van der Waals surface area (Å²) in [4.78, 5) is 13.4. The van der Waals surface area contributed by atoms with Crippen LogP contribution >= 0.6 is 20.2 Å². The maximum absolute atomic E-state index is 6.82. The third kappa shape index (κ3) is 6.22. The lowest BCUT2D eigenvalue weighted by atomic mass is 10.1. The second kappa shape index (κ2) is 12.8. The number of aromatic nitrogens is 4. The third-order valence-electron chi connectivity index (χ3n) is 6.76. The summed E-state index contributed by atoms with van der Waals surface area (Å²) < 4.78 is 37.8. The highest BCUT2D eigenvalue weighted by Crippen LogP contribution is 2.52. The van der Waals surface area contributed by atoms with Gasteiger partial charge in [-0.15, -0.1) is 0 Å². The van der Waals surface area contributed by atoms with Crippen molar-refractivity contribution in [3.8, 4) is 0 Å². The second-order valence-corrected chi connectivity index (χ2v) is 13.4. The standard InChI is InChI=1S/C25H44N7O5PS/c1-13(2)31(14(3)4)38(32(15(5)6)16(7)8)34-11-17-19-20(37-25(33-9)36-19)23(35-17)30-12-27-18-21(26)28-24(39-10)29-22(18)30/h12-17,19-20,23,25H,11H2,1-10H3,(H2,26,28,29)/t17-,19-,20-,23-,25?/m1/s1. The van der Waals surface area contributed by atoms with E-state index in [0.717, 1.165) is 0 Å². The molecular formula is C25H44N7O5PS. The predicted molar refractivity (Wildman–Crippen MR) is 153 cm³/mol. The molecule has 0 aromatic carbocycles. The second-order valence-electron chi connectivity index (χ2n) is 10.9. The number of nitrogens with zero attached hydrogens (tertiary/aromatic N) is 6. The summed E-state index contributed by atoms with van der Waals surface area (Å²) in [5, 5.41) is 0.560. The minimum Gasteiger partial charge on any atom is -0.382 e. The van der Waals surface area contributed by atoms with E-state index in [4.69, 9.17) is 29.2 Å². The lowest BCUT2D eigenvalue weighted by molar-refractivity contribution is -0.256. The van der Waals surface area contributed by atoms with Gasteiger partial charge >= 0.3 is 0 Å². The van der Waals surface area contributed by atoms with E-state index < -0.39 is 39.5 Å². The van der Waals surface area contributed by atoms with Gasteiger partial charge in [-0.05, 0) is 61.6 Å². The first-order chi connectivity index (χ1) is 18.5. The van der Waals surface area contributed by atoms with Crippen molar-refractivity contribution in [3.05, 3.63) is 6.33 Å². The number of ether oxygens (including phenoxy) is 4. The summed E-state index contributed by atoms with van der Waals surface area (Å²) in [6.45, 7) is 17.3. The van der Waals surface area contributed by atoms with Gasteiger partial charge in [-0.2, -0.15) is 0 Å². The van der Waals surface area contributed by atoms with E-state index in [-0.39, 0.29) is 0 Å². The molecule has 0 aliphatic carbocycles. The van der Waals surface area contributed by atoms with Gasteiger partial charge in [0.05, 0.1) is 12.9 Å². The van der Waals surface area contributed by atoms with Crippen LogP contribution in [0.4, 0.5) is 5.82 Å². The van der Waals surface area contributed by atoms with E-state index in [1.807, 2.05) is 10.8 Å². The number of fused-ring (bicyclic) bond motifs is 2. The van der Waals surface area contributed by atoms with Gasteiger partial charge in [-0.25, -0.2) is 24.3 Å². The number of hydrogen-bond donors (Lipinski definition) is 1. The Kier molecular flexibility index (Phi) is 10.1. The minimum absolute atomic E-state index is 0.304. The molecule has 2 aliphatic heterocycles. The number of methoxy groups -OCH3 is 1. The van der Waals surface area contributed by atoms with Gasteiger partial charge in [0.1, 0.15) is 23.8 Å². The molecule has 2 N–H and O–H groups in total. The molecule has 0 spiro atoms. The molecule has 0 amide bonds. The molecule has 12 nitrogen and oxygen atoms in total. The lowest BCUT2D eigenvalue weighted by Crippen LogP contribution is -2.44. The molecular weight excluding hydrogens is 541 g/mol. The Morgan fingerprint density at radius 3 is 2.10 bits per heavy atom. The van der Waals surface area contributed by atoms with Gasteiger partial charge in [0.25, 0.3) is 6.48 Å². The highest BCUT2D eigenvalue weighted by atomic mass is 32.2. The smallest absolute Gasteiger partial charge is 0.272 e. The molecule has 2 aromatic rings. The van der Waals surface area contributed by atoms with Crippen molar-refractivity contribution in [2.45, 2.75) is 116 Å². The molecule has 1 unspecified atom stereocenters. The fraction of sp³-hybridized carbons (Fsp3) is 0.800. The van der Waals surface area contributed by atoms with Crippen molar-refractivity contribution in [2.75, 3.05) is 25.7 Å². The van der Waals surface area contributed by atoms with Crippen LogP contribution in [0, 0.1) is 0 Å². The van der Waals surface area contributed by atoms with Crippen molar-refractivity contribution in [1.29, 1.82) is 0 Å². The molecule has 0 radical (unpaired) electrons. The van der Waals surface area contributed by atoms with Gasteiger partial charge < -0.3 is 29.2 Å². The van der Waals surface area contributed by atoms with E-state index in [1.165, 1.54) is 11.8 Å². The third-order valence-corrected chi connectivity index (χ3v) is 10.3. The van der Waals surface area contributed by atoms with Crippen molar-refractivity contribution in [2.24, 2.45) is 0 Å².